The minimum absolute atomic E-state index is 0.0197. The third-order valence-electron chi connectivity index (χ3n) is 6.15. The molecule has 10 heteroatoms. The Kier molecular flexibility index (Phi) is 5.69. The summed E-state index contributed by atoms with van der Waals surface area (Å²) < 4.78 is 37.6. The molecule has 5 rings (SSSR count). The highest BCUT2D eigenvalue weighted by Gasteiger charge is 2.32. The van der Waals surface area contributed by atoms with Gasteiger partial charge in [0.05, 0.1) is 29.8 Å². The fourth-order valence-electron chi connectivity index (χ4n) is 4.51. The minimum atomic E-state index is -0.790. The van der Waals surface area contributed by atoms with Crippen LogP contribution in [-0.4, -0.2) is 30.3 Å². The van der Waals surface area contributed by atoms with Gasteiger partial charge in [-0.1, -0.05) is 11.6 Å². The van der Waals surface area contributed by atoms with E-state index < -0.39 is 17.2 Å². The minimum Gasteiger partial charge on any atom is -0.370 e. The Labute approximate surface area is 199 Å². The van der Waals surface area contributed by atoms with Crippen molar-refractivity contribution >= 4 is 17.2 Å². The zero-order valence-electron chi connectivity index (χ0n) is 18.8. The van der Waals surface area contributed by atoms with Gasteiger partial charge in [-0.2, -0.15) is 5.10 Å². The van der Waals surface area contributed by atoms with Crippen LogP contribution in [0.15, 0.2) is 41.6 Å². The molecule has 1 saturated heterocycles. The maximum Gasteiger partial charge on any atom is 0.277 e. The molecular formula is C24H22ClF2N5O2. The summed E-state index contributed by atoms with van der Waals surface area (Å²) in [6.07, 6.45) is 6.26. The number of halogens is 3. The van der Waals surface area contributed by atoms with E-state index in [0.29, 0.717) is 24.2 Å². The number of rotatable bonds is 3. The molecule has 0 amide bonds. The molecule has 0 N–H and O–H groups in total. The van der Waals surface area contributed by atoms with Crippen molar-refractivity contribution in [3.63, 3.8) is 0 Å². The number of aryl methyl sites for hydroxylation is 2. The fourth-order valence-corrected chi connectivity index (χ4v) is 4.65. The van der Waals surface area contributed by atoms with Crippen molar-refractivity contribution in [2.45, 2.75) is 44.8 Å². The van der Waals surface area contributed by atoms with Gasteiger partial charge in [0.15, 0.2) is 5.65 Å². The Morgan fingerprint density at radius 3 is 2.68 bits per heavy atom. The van der Waals surface area contributed by atoms with E-state index in [1.165, 1.54) is 10.5 Å². The van der Waals surface area contributed by atoms with Crippen molar-refractivity contribution < 1.29 is 13.5 Å². The lowest BCUT2D eigenvalue weighted by molar-refractivity contribution is -0.0506. The smallest absolute Gasteiger partial charge is 0.277 e. The molecule has 0 aliphatic carbocycles. The van der Waals surface area contributed by atoms with Gasteiger partial charge in [-0.3, -0.25) is 13.9 Å². The highest BCUT2D eigenvalue weighted by Crippen LogP contribution is 2.40. The molecular weight excluding hydrogens is 464 g/mol. The third-order valence-corrected chi connectivity index (χ3v) is 6.59. The van der Waals surface area contributed by atoms with E-state index in [0.717, 1.165) is 17.7 Å². The molecule has 4 aromatic rings. The molecule has 0 spiro atoms. The quantitative estimate of drug-likeness (QED) is 0.418. The van der Waals surface area contributed by atoms with Gasteiger partial charge in [0.2, 0.25) is 0 Å². The highest BCUT2D eigenvalue weighted by molar-refractivity contribution is 6.31. The molecule has 1 fully saturated rings. The van der Waals surface area contributed by atoms with Crippen LogP contribution >= 0.6 is 11.6 Å². The maximum absolute atomic E-state index is 14.8. The molecule has 4 heterocycles. The van der Waals surface area contributed by atoms with Crippen LogP contribution in [0.25, 0.3) is 16.9 Å². The molecule has 1 aromatic carbocycles. The fraction of sp³-hybridized carbons (Fsp3) is 0.333. The summed E-state index contributed by atoms with van der Waals surface area (Å²) in [7, 11) is 1.84. The van der Waals surface area contributed by atoms with Crippen molar-refractivity contribution in [3.05, 3.63) is 80.8 Å². The summed E-state index contributed by atoms with van der Waals surface area (Å²) in [6, 6.07) is 3.24. The largest absolute Gasteiger partial charge is 0.370 e. The van der Waals surface area contributed by atoms with Crippen molar-refractivity contribution in [2.75, 3.05) is 0 Å². The number of hydrogen-bond donors (Lipinski definition) is 0. The second-order valence-corrected chi connectivity index (χ2v) is 9.08. The van der Waals surface area contributed by atoms with E-state index in [1.807, 2.05) is 20.2 Å². The second-order valence-electron chi connectivity index (χ2n) is 8.70. The summed E-state index contributed by atoms with van der Waals surface area (Å²) in [4.78, 5) is 22.2. The first-order chi connectivity index (χ1) is 16.2. The molecule has 176 valence electrons. The van der Waals surface area contributed by atoms with Gasteiger partial charge in [0.25, 0.3) is 5.56 Å². The molecule has 3 atom stereocenters. The van der Waals surface area contributed by atoms with E-state index in [4.69, 9.17) is 21.3 Å². The molecule has 0 saturated carbocycles. The van der Waals surface area contributed by atoms with Crippen molar-refractivity contribution in [2.24, 2.45) is 7.05 Å². The Balaban J connectivity index is 1.69. The van der Waals surface area contributed by atoms with Crippen LogP contribution in [0, 0.1) is 18.6 Å². The molecule has 3 aromatic heterocycles. The van der Waals surface area contributed by atoms with Crippen LogP contribution in [0.4, 0.5) is 8.78 Å². The predicted octanol–water partition coefficient (Wildman–Crippen LogP) is 4.75. The van der Waals surface area contributed by atoms with Crippen LogP contribution in [-0.2, 0) is 11.8 Å². The van der Waals surface area contributed by atoms with Crippen molar-refractivity contribution in [1.29, 1.82) is 0 Å². The normalized spacial score (nSPS) is 20.7. The number of benzene rings is 1. The molecule has 7 nitrogen and oxygen atoms in total. The van der Waals surface area contributed by atoms with Gasteiger partial charge in [-0.15, -0.1) is 0 Å². The monoisotopic (exact) mass is 485 g/mol. The van der Waals surface area contributed by atoms with Crippen LogP contribution in [0.5, 0.6) is 0 Å². The van der Waals surface area contributed by atoms with Crippen molar-refractivity contribution in [1.82, 2.24) is 24.1 Å². The highest BCUT2D eigenvalue weighted by atomic mass is 35.5. The molecule has 0 radical (unpaired) electrons. The Bertz CT molecular complexity index is 1470. The molecule has 0 bridgehead atoms. The van der Waals surface area contributed by atoms with E-state index in [2.05, 4.69) is 10.1 Å². The average molecular weight is 486 g/mol. The molecule has 0 unspecified atom stereocenters. The number of nitrogens with zero attached hydrogens (tertiary/aromatic N) is 5. The summed E-state index contributed by atoms with van der Waals surface area (Å²) in [5, 5.41) is 4.22. The maximum atomic E-state index is 14.8. The second kappa shape index (κ2) is 8.56. The molecule has 34 heavy (non-hydrogen) atoms. The number of fused-ring (bicyclic) bond motifs is 1. The summed E-state index contributed by atoms with van der Waals surface area (Å²) >= 11 is 6.20. The van der Waals surface area contributed by atoms with Crippen LogP contribution < -0.4 is 5.56 Å². The zero-order chi connectivity index (χ0) is 24.1. The van der Waals surface area contributed by atoms with Gasteiger partial charge in [0.1, 0.15) is 22.4 Å². The van der Waals surface area contributed by atoms with Gasteiger partial charge >= 0.3 is 0 Å². The first-order valence-electron chi connectivity index (χ1n) is 10.9. The lowest BCUT2D eigenvalue weighted by Gasteiger charge is -2.33. The first kappa shape index (κ1) is 22.6. The van der Waals surface area contributed by atoms with E-state index >= 15 is 0 Å². The number of hydrogen-bond acceptors (Lipinski definition) is 5. The molecule has 1 aliphatic rings. The Hall–Kier alpha value is -3.17. The Morgan fingerprint density at radius 2 is 1.97 bits per heavy atom. The van der Waals surface area contributed by atoms with E-state index in [9.17, 15) is 13.6 Å². The number of ether oxygens (including phenoxy) is 1. The topological polar surface area (TPSA) is 74.3 Å². The van der Waals surface area contributed by atoms with Crippen LogP contribution in [0.2, 0.25) is 5.02 Å². The zero-order valence-corrected chi connectivity index (χ0v) is 19.6. The van der Waals surface area contributed by atoms with Gasteiger partial charge < -0.3 is 4.74 Å². The van der Waals surface area contributed by atoms with Gasteiger partial charge in [-0.25, -0.2) is 18.7 Å². The predicted molar refractivity (Wildman–Crippen MR) is 123 cm³/mol. The van der Waals surface area contributed by atoms with Crippen molar-refractivity contribution in [3.8, 4) is 11.3 Å². The van der Waals surface area contributed by atoms with Crippen LogP contribution in [0.1, 0.15) is 48.7 Å². The van der Waals surface area contributed by atoms with E-state index in [1.54, 1.807) is 24.0 Å². The third kappa shape index (κ3) is 3.99. The van der Waals surface area contributed by atoms with Gasteiger partial charge in [0, 0.05) is 42.6 Å². The summed E-state index contributed by atoms with van der Waals surface area (Å²) in [5.74, 6) is -1.58. The lowest BCUT2D eigenvalue weighted by atomic mass is 9.87. The summed E-state index contributed by atoms with van der Waals surface area (Å²) in [6.45, 7) is 3.58. The first-order valence-corrected chi connectivity index (χ1v) is 11.3. The SMILES string of the molecule is Cc1nc2c(-c3ccc(F)cc3F)nc([C@@H]3C[C@@H](C)O[C@@H](c4cnn(C)c4)C3)cn2c(=O)c1Cl. The Morgan fingerprint density at radius 1 is 1.18 bits per heavy atom. The molecule has 1 aliphatic heterocycles. The van der Waals surface area contributed by atoms with Gasteiger partial charge in [-0.05, 0) is 38.8 Å². The van der Waals surface area contributed by atoms with E-state index in [-0.39, 0.29) is 40.1 Å². The standard InChI is InChI=1S/C24H22ClF2N5O2/c1-12-6-14(7-20(34-12)15-9-28-31(3)10-15)19-11-32-23(29-13(2)21(25)24(32)33)22(30-19)17-5-4-16(26)8-18(17)27/h4-5,8-12,14,20H,6-7H2,1-3H3/t12-,14-,20-/m1/s1. The lowest BCUT2D eigenvalue weighted by Crippen LogP contribution is -2.27. The van der Waals surface area contributed by atoms with Crippen LogP contribution in [0.3, 0.4) is 0 Å². The average Bonchev–Trinajstić information content (AvgIpc) is 3.23. The number of aromatic nitrogens is 5. The summed E-state index contributed by atoms with van der Waals surface area (Å²) in [5.41, 5.74) is 1.73.